The van der Waals surface area contributed by atoms with Crippen molar-refractivity contribution in [2.45, 2.75) is 6.10 Å². The standard InChI is InChI=1S/C13H18ClN3O3.ClH/c1-20-11(9-3-2-4-10(14)5-9)7-16-13(19)8-17-12(18)6-15;/h2-5,11H,6-8,15H2,1H3,(H,16,19)(H,17,18);1H. The van der Waals surface area contributed by atoms with E-state index in [9.17, 15) is 9.59 Å². The summed E-state index contributed by atoms with van der Waals surface area (Å²) in [5, 5.41) is 5.66. The van der Waals surface area contributed by atoms with Gasteiger partial charge in [-0.1, -0.05) is 23.7 Å². The molecule has 4 N–H and O–H groups in total. The average molecular weight is 336 g/mol. The van der Waals surface area contributed by atoms with E-state index >= 15 is 0 Å². The highest BCUT2D eigenvalue weighted by atomic mass is 35.5. The van der Waals surface area contributed by atoms with Gasteiger partial charge in [0.2, 0.25) is 11.8 Å². The van der Waals surface area contributed by atoms with E-state index in [1.807, 2.05) is 12.1 Å². The van der Waals surface area contributed by atoms with Crippen LogP contribution >= 0.6 is 24.0 Å². The minimum atomic E-state index is -0.377. The molecule has 21 heavy (non-hydrogen) atoms. The Bertz CT molecular complexity index is 472. The number of ether oxygens (including phenoxy) is 1. The van der Waals surface area contributed by atoms with Gasteiger partial charge in [-0.05, 0) is 17.7 Å². The number of benzene rings is 1. The molecule has 8 heteroatoms. The summed E-state index contributed by atoms with van der Waals surface area (Å²) < 4.78 is 5.31. The van der Waals surface area contributed by atoms with Crippen molar-refractivity contribution in [2.24, 2.45) is 5.73 Å². The maximum atomic E-state index is 11.5. The summed E-state index contributed by atoms with van der Waals surface area (Å²) >= 11 is 5.91. The number of hydrogen-bond donors (Lipinski definition) is 3. The first-order valence-electron chi connectivity index (χ1n) is 6.08. The number of carbonyl (C=O) groups is 2. The molecule has 0 radical (unpaired) electrons. The minimum absolute atomic E-state index is 0. The Morgan fingerprint density at radius 1 is 1.33 bits per heavy atom. The minimum Gasteiger partial charge on any atom is -0.375 e. The second kappa shape index (κ2) is 10.4. The van der Waals surface area contributed by atoms with Gasteiger partial charge in [-0.2, -0.15) is 0 Å². The number of carbonyl (C=O) groups excluding carboxylic acids is 2. The second-order valence-electron chi connectivity index (χ2n) is 4.06. The molecule has 2 amide bonds. The second-order valence-corrected chi connectivity index (χ2v) is 4.50. The third-order valence-electron chi connectivity index (χ3n) is 2.62. The van der Waals surface area contributed by atoms with Crippen LogP contribution in [0.2, 0.25) is 5.02 Å². The van der Waals surface area contributed by atoms with Crippen molar-refractivity contribution in [3.8, 4) is 0 Å². The zero-order valence-electron chi connectivity index (χ0n) is 11.6. The van der Waals surface area contributed by atoms with Crippen LogP contribution in [-0.2, 0) is 14.3 Å². The Balaban J connectivity index is 0.00000400. The quantitative estimate of drug-likeness (QED) is 0.681. The maximum absolute atomic E-state index is 11.5. The number of hydrogen-bond acceptors (Lipinski definition) is 4. The van der Waals surface area contributed by atoms with Crippen molar-refractivity contribution in [1.29, 1.82) is 0 Å². The summed E-state index contributed by atoms with van der Waals surface area (Å²) in [6.45, 7) is 0.0344. The fourth-order valence-electron chi connectivity index (χ4n) is 1.56. The molecule has 0 fully saturated rings. The van der Waals surface area contributed by atoms with E-state index in [-0.39, 0.29) is 50.0 Å². The van der Waals surface area contributed by atoms with Crippen molar-refractivity contribution >= 4 is 35.8 Å². The summed E-state index contributed by atoms with van der Waals surface area (Å²) in [7, 11) is 1.55. The summed E-state index contributed by atoms with van der Waals surface area (Å²) in [5.41, 5.74) is 5.98. The lowest BCUT2D eigenvalue weighted by atomic mass is 10.1. The highest BCUT2D eigenvalue weighted by Crippen LogP contribution is 2.19. The van der Waals surface area contributed by atoms with Crippen LogP contribution in [-0.4, -0.2) is 38.6 Å². The zero-order chi connectivity index (χ0) is 15.0. The van der Waals surface area contributed by atoms with Crippen LogP contribution in [0.3, 0.4) is 0 Å². The SMILES string of the molecule is COC(CNC(=O)CNC(=O)CN)c1cccc(Cl)c1.Cl. The van der Waals surface area contributed by atoms with Crippen LogP contribution in [0, 0.1) is 0 Å². The van der Waals surface area contributed by atoms with Gasteiger partial charge in [0.1, 0.15) is 0 Å². The van der Waals surface area contributed by atoms with Gasteiger partial charge in [-0.3, -0.25) is 9.59 Å². The molecule has 0 saturated carbocycles. The molecule has 0 saturated heterocycles. The van der Waals surface area contributed by atoms with E-state index in [0.717, 1.165) is 5.56 Å². The van der Waals surface area contributed by atoms with Crippen LogP contribution in [0.25, 0.3) is 0 Å². The highest BCUT2D eigenvalue weighted by Gasteiger charge is 2.12. The molecule has 0 aromatic heterocycles. The fourth-order valence-corrected chi connectivity index (χ4v) is 1.76. The summed E-state index contributed by atoms with van der Waals surface area (Å²) in [4.78, 5) is 22.4. The molecule has 118 valence electrons. The normalized spacial score (nSPS) is 11.2. The molecule has 6 nitrogen and oxygen atoms in total. The molecule has 1 aromatic carbocycles. The number of rotatable bonds is 7. The van der Waals surface area contributed by atoms with Gasteiger partial charge in [0.15, 0.2) is 0 Å². The van der Waals surface area contributed by atoms with Gasteiger partial charge in [-0.25, -0.2) is 0 Å². The van der Waals surface area contributed by atoms with Crippen molar-refractivity contribution in [3.05, 3.63) is 34.9 Å². The number of nitrogens with two attached hydrogens (primary N) is 1. The van der Waals surface area contributed by atoms with Crippen molar-refractivity contribution in [2.75, 3.05) is 26.7 Å². The van der Waals surface area contributed by atoms with Gasteiger partial charge >= 0.3 is 0 Å². The molecular formula is C13H19Cl2N3O3. The molecule has 0 aliphatic heterocycles. The van der Waals surface area contributed by atoms with Gasteiger partial charge in [0.05, 0.1) is 19.2 Å². The summed E-state index contributed by atoms with van der Waals surface area (Å²) in [5.74, 6) is -0.686. The predicted octanol–water partition coefficient (Wildman–Crippen LogP) is 0.640. The molecule has 0 spiro atoms. The van der Waals surface area contributed by atoms with E-state index in [0.29, 0.717) is 5.02 Å². The highest BCUT2D eigenvalue weighted by molar-refractivity contribution is 6.30. The topological polar surface area (TPSA) is 93.5 Å². The van der Waals surface area contributed by atoms with E-state index in [2.05, 4.69) is 10.6 Å². The molecule has 1 rings (SSSR count). The first kappa shape index (κ1) is 19.7. The van der Waals surface area contributed by atoms with Gasteiger partial charge in [0, 0.05) is 18.7 Å². The number of nitrogens with one attached hydrogen (secondary N) is 2. The Kier molecular flexibility index (Phi) is 9.73. The molecule has 0 bridgehead atoms. The fraction of sp³-hybridized carbons (Fsp3) is 0.385. The lowest BCUT2D eigenvalue weighted by molar-refractivity contribution is -0.125. The Morgan fingerprint density at radius 3 is 2.62 bits per heavy atom. The van der Waals surface area contributed by atoms with Gasteiger partial charge < -0.3 is 21.1 Å². The summed E-state index contributed by atoms with van der Waals surface area (Å²) in [6, 6.07) is 7.21. The smallest absolute Gasteiger partial charge is 0.239 e. The number of halogens is 2. The van der Waals surface area contributed by atoms with Crippen LogP contribution in [0.15, 0.2) is 24.3 Å². The number of amides is 2. The Morgan fingerprint density at radius 2 is 2.05 bits per heavy atom. The van der Waals surface area contributed by atoms with Gasteiger partial charge in [0.25, 0.3) is 0 Å². The predicted molar refractivity (Wildman–Crippen MR) is 83.5 cm³/mol. The van der Waals surface area contributed by atoms with E-state index in [4.69, 9.17) is 22.1 Å². The molecule has 0 heterocycles. The first-order valence-corrected chi connectivity index (χ1v) is 6.46. The largest absolute Gasteiger partial charge is 0.375 e. The van der Waals surface area contributed by atoms with Crippen LogP contribution < -0.4 is 16.4 Å². The monoisotopic (exact) mass is 335 g/mol. The van der Waals surface area contributed by atoms with Gasteiger partial charge in [-0.15, -0.1) is 12.4 Å². The van der Waals surface area contributed by atoms with E-state index in [1.165, 1.54) is 0 Å². The van der Waals surface area contributed by atoms with Crippen molar-refractivity contribution in [1.82, 2.24) is 10.6 Å². The molecular weight excluding hydrogens is 317 g/mol. The van der Waals surface area contributed by atoms with Crippen LogP contribution in [0.5, 0.6) is 0 Å². The Hall–Kier alpha value is -1.34. The molecule has 0 aliphatic rings. The molecule has 1 aromatic rings. The lowest BCUT2D eigenvalue weighted by Crippen LogP contribution is -2.40. The molecule has 1 unspecified atom stereocenters. The van der Waals surface area contributed by atoms with E-state index < -0.39 is 0 Å². The average Bonchev–Trinajstić information content (AvgIpc) is 2.45. The Labute approximate surface area is 134 Å². The zero-order valence-corrected chi connectivity index (χ0v) is 13.2. The third kappa shape index (κ3) is 7.29. The first-order chi connectivity index (χ1) is 9.56. The number of methoxy groups -OCH3 is 1. The van der Waals surface area contributed by atoms with Crippen LogP contribution in [0.1, 0.15) is 11.7 Å². The molecule has 0 aliphatic carbocycles. The maximum Gasteiger partial charge on any atom is 0.239 e. The van der Waals surface area contributed by atoms with Crippen molar-refractivity contribution < 1.29 is 14.3 Å². The van der Waals surface area contributed by atoms with Crippen molar-refractivity contribution in [3.63, 3.8) is 0 Å². The molecule has 1 atom stereocenters. The van der Waals surface area contributed by atoms with E-state index in [1.54, 1.807) is 19.2 Å². The summed E-state index contributed by atoms with van der Waals surface area (Å²) in [6.07, 6.45) is -0.303. The van der Waals surface area contributed by atoms with Crippen LogP contribution in [0.4, 0.5) is 0 Å². The lowest BCUT2D eigenvalue weighted by Gasteiger charge is -2.17. The third-order valence-corrected chi connectivity index (χ3v) is 2.86.